The summed E-state index contributed by atoms with van der Waals surface area (Å²) in [5, 5.41) is 34.0. The van der Waals surface area contributed by atoms with Gasteiger partial charge in [-0.1, -0.05) is 43.5 Å². The maximum Gasteiger partial charge on any atom is 0.300 e. The number of carboxylic acid groups (broad SMARTS) is 1. The lowest BCUT2D eigenvalue weighted by Gasteiger charge is -2.35. The fraction of sp³-hybridized carbons (Fsp3) is 0.404. The van der Waals surface area contributed by atoms with Gasteiger partial charge in [-0.25, -0.2) is 9.67 Å². The number of oxazole rings is 1. The molecule has 60 heavy (non-hydrogen) atoms. The lowest BCUT2D eigenvalue weighted by atomic mass is 9.94. The van der Waals surface area contributed by atoms with Gasteiger partial charge in [-0.05, 0) is 86.8 Å². The van der Waals surface area contributed by atoms with Crippen molar-refractivity contribution in [2.24, 2.45) is 0 Å². The maximum absolute atomic E-state index is 10.6. The van der Waals surface area contributed by atoms with E-state index >= 15 is 0 Å². The van der Waals surface area contributed by atoms with Gasteiger partial charge in [0.15, 0.2) is 5.58 Å². The number of methoxy groups -OCH3 is 2. The molecular weight excluding hydrogens is 761 g/mol. The predicted octanol–water partition coefficient (Wildman–Crippen LogP) is 8.14. The van der Waals surface area contributed by atoms with E-state index in [0.717, 1.165) is 69.9 Å². The van der Waals surface area contributed by atoms with Gasteiger partial charge in [0.1, 0.15) is 23.1 Å². The SMILES string of the molecule is CC(=O)O.COc1cc(-n2ncc3c(-c4cccc(-c5nc6cc(CN(C)C7CCCCC7)cc(C#N)c6o5)c4C)cccc32)cc(OC)c1CN(C)C1CCOCC1O. The van der Waals surface area contributed by atoms with Crippen molar-refractivity contribution in [3.63, 3.8) is 0 Å². The minimum atomic E-state index is -0.833. The van der Waals surface area contributed by atoms with E-state index in [1.54, 1.807) is 14.2 Å². The number of hydrogen-bond donors (Lipinski definition) is 2. The zero-order valence-corrected chi connectivity index (χ0v) is 35.3. The molecule has 0 radical (unpaired) electrons. The molecule has 0 amide bonds. The summed E-state index contributed by atoms with van der Waals surface area (Å²) in [6.07, 6.45) is 8.42. The van der Waals surface area contributed by atoms with Crippen LogP contribution in [0.15, 0.2) is 71.3 Å². The highest BCUT2D eigenvalue weighted by molar-refractivity contribution is 5.97. The number of carboxylic acids is 1. The number of aliphatic hydroxyl groups excluding tert-OH is 1. The van der Waals surface area contributed by atoms with Gasteiger partial charge in [-0.2, -0.15) is 10.4 Å². The van der Waals surface area contributed by atoms with Crippen LogP contribution in [-0.4, -0.2) is 100 Å². The van der Waals surface area contributed by atoms with Crippen molar-refractivity contribution in [1.82, 2.24) is 24.6 Å². The zero-order valence-electron chi connectivity index (χ0n) is 35.3. The number of rotatable bonds is 11. The van der Waals surface area contributed by atoms with Gasteiger partial charge < -0.3 is 28.8 Å². The van der Waals surface area contributed by atoms with Crippen LogP contribution in [0.1, 0.15) is 67.7 Å². The van der Waals surface area contributed by atoms with Gasteiger partial charge in [-0.3, -0.25) is 14.6 Å². The second kappa shape index (κ2) is 18.6. The lowest BCUT2D eigenvalue weighted by Crippen LogP contribution is -2.47. The molecule has 1 aliphatic carbocycles. The molecule has 6 aromatic rings. The molecule has 13 nitrogen and oxygen atoms in total. The van der Waals surface area contributed by atoms with Crippen molar-refractivity contribution in [1.29, 1.82) is 5.26 Å². The number of nitriles is 1. The topological polar surface area (TPSA) is 159 Å². The van der Waals surface area contributed by atoms with Crippen LogP contribution in [0, 0.1) is 18.3 Å². The molecule has 314 valence electrons. The fourth-order valence-corrected chi connectivity index (χ4v) is 8.81. The molecule has 2 aliphatic rings. The number of fused-ring (bicyclic) bond motifs is 2. The Bertz CT molecular complexity index is 2490. The Kier molecular flexibility index (Phi) is 13.2. The van der Waals surface area contributed by atoms with Crippen LogP contribution in [0.5, 0.6) is 11.5 Å². The number of ether oxygens (including phenoxy) is 3. The van der Waals surface area contributed by atoms with E-state index < -0.39 is 12.1 Å². The van der Waals surface area contributed by atoms with Gasteiger partial charge in [0.25, 0.3) is 5.97 Å². The van der Waals surface area contributed by atoms with Crippen molar-refractivity contribution in [2.45, 2.75) is 83.6 Å². The predicted molar refractivity (Wildman–Crippen MR) is 230 cm³/mol. The largest absolute Gasteiger partial charge is 0.496 e. The number of hydrogen-bond acceptors (Lipinski definition) is 11. The van der Waals surface area contributed by atoms with Crippen LogP contribution in [0.3, 0.4) is 0 Å². The molecule has 1 aliphatic heterocycles. The molecule has 13 heteroatoms. The van der Waals surface area contributed by atoms with Gasteiger partial charge in [-0.15, -0.1) is 0 Å². The average Bonchev–Trinajstić information content (AvgIpc) is 3.89. The van der Waals surface area contributed by atoms with E-state index in [9.17, 15) is 10.4 Å². The van der Waals surface area contributed by atoms with Gasteiger partial charge in [0.2, 0.25) is 5.89 Å². The van der Waals surface area contributed by atoms with Gasteiger partial charge in [0.05, 0.1) is 55.5 Å². The molecule has 1 saturated carbocycles. The van der Waals surface area contributed by atoms with Crippen molar-refractivity contribution in [3.05, 3.63) is 89.1 Å². The van der Waals surface area contributed by atoms with Crippen molar-refractivity contribution >= 4 is 28.0 Å². The number of carbonyl (C=O) groups is 1. The summed E-state index contributed by atoms with van der Waals surface area (Å²) >= 11 is 0. The summed E-state index contributed by atoms with van der Waals surface area (Å²) in [4.78, 5) is 18.5. The first kappa shape index (κ1) is 42.3. The highest BCUT2D eigenvalue weighted by atomic mass is 16.5. The first-order valence-corrected chi connectivity index (χ1v) is 20.5. The van der Waals surface area contributed by atoms with Gasteiger partial charge in [0, 0.05) is 61.8 Å². The Morgan fingerprint density at radius 2 is 1.63 bits per heavy atom. The number of aliphatic carboxylic acids is 1. The van der Waals surface area contributed by atoms with Crippen molar-refractivity contribution in [3.8, 4) is 45.8 Å². The monoisotopic (exact) mass is 814 g/mol. The zero-order chi connectivity index (χ0) is 42.5. The number of benzene rings is 4. The van der Waals surface area contributed by atoms with Crippen LogP contribution in [0.2, 0.25) is 0 Å². The third-order valence-electron chi connectivity index (χ3n) is 11.9. The Labute approximate surface area is 350 Å². The average molecular weight is 815 g/mol. The van der Waals surface area contributed by atoms with Crippen LogP contribution >= 0.6 is 0 Å². The normalized spacial score (nSPS) is 17.1. The summed E-state index contributed by atoms with van der Waals surface area (Å²) in [5.74, 6) is 1.02. The molecule has 3 heterocycles. The Balaban J connectivity index is 0.00000130. The minimum absolute atomic E-state index is 0.0262. The van der Waals surface area contributed by atoms with Crippen molar-refractivity contribution < 1.29 is 33.6 Å². The second-order valence-electron chi connectivity index (χ2n) is 15.9. The van der Waals surface area contributed by atoms with Crippen LogP contribution in [0.25, 0.3) is 50.3 Å². The molecule has 8 rings (SSSR count). The summed E-state index contributed by atoms with van der Waals surface area (Å²) in [6.45, 7) is 5.43. The molecular formula is C47H54N6O7. The second-order valence-corrected chi connectivity index (χ2v) is 15.9. The quantitative estimate of drug-likeness (QED) is 0.130. The molecule has 2 unspecified atom stereocenters. The number of nitrogens with zero attached hydrogens (tertiary/aromatic N) is 6. The third-order valence-corrected chi connectivity index (χ3v) is 11.9. The molecule has 0 bridgehead atoms. The first-order chi connectivity index (χ1) is 29.0. The highest BCUT2D eigenvalue weighted by Gasteiger charge is 2.29. The summed E-state index contributed by atoms with van der Waals surface area (Å²) in [7, 11) is 7.51. The van der Waals surface area contributed by atoms with E-state index in [1.165, 1.54) is 32.1 Å². The van der Waals surface area contributed by atoms with Gasteiger partial charge >= 0.3 is 0 Å². The van der Waals surface area contributed by atoms with Crippen LogP contribution < -0.4 is 9.47 Å². The van der Waals surface area contributed by atoms with Crippen molar-refractivity contribution in [2.75, 3.05) is 41.5 Å². The first-order valence-electron chi connectivity index (χ1n) is 20.5. The Morgan fingerprint density at radius 1 is 0.950 bits per heavy atom. The highest BCUT2D eigenvalue weighted by Crippen LogP contribution is 2.39. The third kappa shape index (κ3) is 8.88. The molecule has 2 atom stereocenters. The molecule has 0 spiro atoms. The van der Waals surface area contributed by atoms with E-state index in [-0.39, 0.29) is 6.04 Å². The lowest BCUT2D eigenvalue weighted by molar-refractivity contribution is -0.134. The van der Waals surface area contributed by atoms with Crippen LogP contribution in [0.4, 0.5) is 0 Å². The summed E-state index contributed by atoms with van der Waals surface area (Å²) < 4.78 is 25.6. The smallest absolute Gasteiger partial charge is 0.300 e. The summed E-state index contributed by atoms with van der Waals surface area (Å²) in [6, 6.07) is 23.3. The Hall–Kier alpha value is -5.78. The molecule has 2 N–H and O–H groups in total. The van der Waals surface area contributed by atoms with Crippen LogP contribution in [-0.2, 0) is 22.6 Å². The number of aromatic nitrogens is 3. The van der Waals surface area contributed by atoms with E-state index in [4.69, 9.17) is 38.6 Å². The molecule has 4 aromatic carbocycles. The molecule has 2 aromatic heterocycles. The van der Waals surface area contributed by atoms with E-state index in [0.29, 0.717) is 59.9 Å². The standard InChI is InChI=1S/C45H50N6O5.C2H4O2/c1-28-33(13-9-14-34(28)45-48-38-20-29(19-30(23-46)44(38)56-45)25-49(2)31-11-7-6-8-12-31)35-15-10-16-39-36(35)24-47-51(39)32-21-42(53-4)37(43(22-32)54-5)26-50(3)40-17-18-55-27-41(40)52;1-2(3)4/h9-10,13-16,19-22,24,31,40-41,52H,6-8,11-12,17-18,25-27H2,1-5H3;1H3,(H,3,4). The van der Waals surface area contributed by atoms with E-state index in [1.807, 2.05) is 54.3 Å². The summed E-state index contributed by atoms with van der Waals surface area (Å²) in [5.41, 5.74) is 9.38. The Morgan fingerprint density at radius 3 is 2.32 bits per heavy atom. The van der Waals surface area contributed by atoms with E-state index in [2.05, 4.69) is 54.1 Å². The molecule has 2 fully saturated rings. The number of likely N-dealkylation sites (N-methyl/N-ethyl adjacent to an activating group) is 1. The number of aliphatic hydroxyl groups is 1. The minimum Gasteiger partial charge on any atom is -0.496 e. The fourth-order valence-electron chi connectivity index (χ4n) is 8.81. The molecule has 1 saturated heterocycles. The maximum atomic E-state index is 10.6.